The van der Waals surface area contributed by atoms with Crippen LogP contribution in [0.1, 0.15) is 52.7 Å². The Balaban J connectivity index is 2.90. The number of aromatic nitrogens is 1. The molecule has 7 heteroatoms. The number of carbonyl (C=O) groups excluding carboxylic acids is 1. The number of rotatable bonds is 3. The zero-order valence-corrected chi connectivity index (χ0v) is 14.5. The number of carboxylic acid groups (broad SMARTS) is 1. The molecular formula is C18H19N3O4. The van der Waals surface area contributed by atoms with E-state index in [-0.39, 0.29) is 27.9 Å². The van der Waals surface area contributed by atoms with Gasteiger partial charge in [0, 0.05) is 6.20 Å². The van der Waals surface area contributed by atoms with Gasteiger partial charge in [-0.3, -0.25) is 0 Å². The van der Waals surface area contributed by atoms with Crippen LogP contribution in [0.5, 0.6) is 0 Å². The first kappa shape index (κ1) is 18.1. The summed E-state index contributed by atoms with van der Waals surface area (Å²) in [7, 11) is 1.21. The molecular weight excluding hydrogens is 322 g/mol. The standard InChI is InChI=1S/C18H19N3O4/c1-18(2,3)12-6-5-10(16(22)23)7-13(12)21-9-11(8-19)14(20)15(21)17(24)25-4/h5-7,9H,20H2,1-4H3,(H,22,23). The molecule has 0 unspecified atom stereocenters. The highest BCUT2D eigenvalue weighted by atomic mass is 16.5. The van der Waals surface area contributed by atoms with Gasteiger partial charge in [0.25, 0.3) is 0 Å². The Hall–Kier alpha value is -3.27. The molecule has 0 bridgehead atoms. The Bertz CT molecular complexity index is 898. The Morgan fingerprint density at radius 3 is 2.44 bits per heavy atom. The van der Waals surface area contributed by atoms with Crippen LogP contribution in [0.25, 0.3) is 5.69 Å². The van der Waals surface area contributed by atoms with Gasteiger partial charge in [-0.05, 0) is 23.1 Å². The van der Waals surface area contributed by atoms with E-state index in [0.29, 0.717) is 5.69 Å². The molecule has 1 aromatic heterocycles. The average molecular weight is 341 g/mol. The van der Waals surface area contributed by atoms with Crippen molar-refractivity contribution < 1.29 is 19.4 Å². The third-order valence-electron chi connectivity index (χ3n) is 3.86. The second-order valence-corrected chi connectivity index (χ2v) is 6.57. The Morgan fingerprint density at radius 1 is 1.32 bits per heavy atom. The number of ether oxygens (including phenoxy) is 1. The van der Waals surface area contributed by atoms with Gasteiger partial charge in [-0.2, -0.15) is 5.26 Å². The number of hydrogen-bond acceptors (Lipinski definition) is 5. The molecule has 0 atom stereocenters. The smallest absolute Gasteiger partial charge is 0.357 e. The molecule has 1 aromatic carbocycles. The van der Waals surface area contributed by atoms with Crippen molar-refractivity contribution in [3.05, 3.63) is 46.8 Å². The maximum atomic E-state index is 12.2. The molecule has 1 heterocycles. The van der Waals surface area contributed by atoms with Crippen molar-refractivity contribution in [1.82, 2.24) is 4.57 Å². The molecule has 0 aliphatic heterocycles. The molecule has 3 N–H and O–H groups in total. The van der Waals surface area contributed by atoms with E-state index in [2.05, 4.69) is 0 Å². The first-order valence-electron chi connectivity index (χ1n) is 7.49. The van der Waals surface area contributed by atoms with Gasteiger partial charge >= 0.3 is 11.9 Å². The van der Waals surface area contributed by atoms with Crippen molar-refractivity contribution in [3.63, 3.8) is 0 Å². The van der Waals surface area contributed by atoms with Gasteiger partial charge in [0.15, 0.2) is 5.69 Å². The van der Waals surface area contributed by atoms with E-state index in [1.807, 2.05) is 26.8 Å². The second kappa shape index (κ2) is 6.32. The Morgan fingerprint density at radius 2 is 1.96 bits per heavy atom. The maximum absolute atomic E-state index is 12.2. The number of nitrogens with two attached hydrogens (primary N) is 1. The maximum Gasteiger partial charge on any atom is 0.357 e. The summed E-state index contributed by atoms with van der Waals surface area (Å²) >= 11 is 0. The Kier molecular flexibility index (Phi) is 4.57. The summed E-state index contributed by atoms with van der Waals surface area (Å²) in [6.07, 6.45) is 1.41. The number of esters is 1. The van der Waals surface area contributed by atoms with Gasteiger partial charge in [-0.25, -0.2) is 9.59 Å². The van der Waals surface area contributed by atoms with E-state index in [1.165, 1.54) is 30.0 Å². The summed E-state index contributed by atoms with van der Waals surface area (Å²) in [5, 5.41) is 18.5. The number of benzene rings is 1. The molecule has 0 spiro atoms. The molecule has 130 valence electrons. The van der Waals surface area contributed by atoms with Gasteiger partial charge in [-0.1, -0.05) is 26.8 Å². The van der Waals surface area contributed by atoms with Gasteiger partial charge < -0.3 is 20.1 Å². The number of methoxy groups -OCH3 is 1. The fraction of sp³-hybridized carbons (Fsp3) is 0.278. The Labute approximate surface area is 145 Å². The number of nitrogen functional groups attached to an aromatic ring is 1. The number of nitriles is 1. The van der Waals surface area contributed by atoms with Crippen molar-refractivity contribution in [2.24, 2.45) is 0 Å². The summed E-state index contributed by atoms with van der Waals surface area (Å²) in [5.41, 5.74) is 7.00. The predicted octanol–water partition coefficient (Wildman–Crippen LogP) is 2.71. The van der Waals surface area contributed by atoms with Crippen molar-refractivity contribution in [3.8, 4) is 11.8 Å². The molecule has 0 aliphatic carbocycles. The molecule has 2 aromatic rings. The SMILES string of the molecule is COC(=O)c1c(N)c(C#N)cn1-c1cc(C(=O)O)ccc1C(C)(C)C. The first-order chi connectivity index (χ1) is 11.6. The van der Waals surface area contributed by atoms with Crippen LogP contribution in [0.2, 0.25) is 0 Å². The predicted molar refractivity (Wildman–Crippen MR) is 91.9 cm³/mol. The third-order valence-corrected chi connectivity index (χ3v) is 3.86. The van der Waals surface area contributed by atoms with E-state index in [1.54, 1.807) is 6.07 Å². The van der Waals surface area contributed by atoms with Crippen LogP contribution >= 0.6 is 0 Å². The van der Waals surface area contributed by atoms with Crippen LogP contribution in [-0.2, 0) is 10.2 Å². The van der Waals surface area contributed by atoms with Crippen molar-refractivity contribution in [2.45, 2.75) is 26.2 Å². The zero-order chi connectivity index (χ0) is 18.9. The lowest BCUT2D eigenvalue weighted by Crippen LogP contribution is -2.18. The zero-order valence-electron chi connectivity index (χ0n) is 14.5. The van der Waals surface area contributed by atoms with Gasteiger partial charge in [-0.15, -0.1) is 0 Å². The minimum absolute atomic E-state index is 0.00469. The largest absolute Gasteiger partial charge is 0.478 e. The van der Waals surface area contributed by atoms with Crippen molar-refractivity contribution >= 4 is 17.6 Å². The number of anilines is 1. The highest BCUT2D eigenvalue weighted by molar-refractivity contribution is 5.96. The number of nitrogens with zero attached hydrogens (tertiary/aromatic N) is 2. The van der Waals surface area contributed by atoms with Gasteiger partial charge in [0.05, 0.1) is 29.6 Å². The number of carbonyl (C=O) groups is 2. The molecule has 0 radical (unpaired) electrons. The molecule has 0 aliphatic rings. The van der Waals surface area contributed by atoms with Crippen LogP contribution in [0, 0.1) is 11.3 Å². The molecule has 25 heavy (non-hydrogen) atoms. The molecule has 0 fully saturated rings. The lowest BCUT2D eigenvalue weighted by Gasteiger charge is -2.24. The van der Waals surface area contributed by atoms with E-state index in [0.717, 1.165) is 5.56 Å². The lowest BCUT2D eigenvalue weighted by atomic mass is 9.85. The van der Waals surface area contributed by atoms with E-state index in [4.69, 9.17) is 10.5 Å². The fourth-order valence-corrected chi connectivity index (χ4v) is 2.60. The highest BCUT2D eigenvalue weighted by Crippen LogP contribution is 2.33. The second-order valence-electron chi connectivity index (χ2n) is 6.57. The summed E-state index contributed by atoms with van der Waals surface area (Å²) in [5.74, 6) is -1.80. The molecule has 0 saturated heterocycles. The summed E-state index contributed by atoms with van der Waals surface area (Å²) in [6.45, 7) is 5.88. The normalized spacial score (nSPS) is 11.0. The summed E-state index contributed by atoms with van der Waals surface area (Å²) in [4.78, 5) is 23.6. The highest BCUT2D eigenvalue weighted by Gasteiger charge is 2.26. The van der Waals surface area contributed by atoms with E-state index in [9.17, 15) is 20.0 Å². The fourth-order valence-electron chi connectivity index (χ4n) is 2.60. The summed E-state index contributed by atoms with van der Waals surface area (Å²) in [6, 6.07) is 6.58. The third kappa shape index (κ3) is 3.19. The van der Waals surface area contributed by atoms with Crippen LogP contribution in [0.4, 0.5) is 5.69 Å². The molecule has 0 saturated carbocycles. The number of aromatic carboxylic acids is 1. The molecule has 2 rings (SSSR count). The van der Waals surface area contributed by atoms with Crippen molar-refractivity contribution in [1.29, 1.82) is 5.26 Å². The van der Waals surface area contributed by atoms with Crippen LogP contribution in [0.15, 0.2) is 24.4 Å². The van der Waals surface area contributed by atoms with Crippen LogP contribution < -0.4 is 5.73 Å². The number of carboxylic acids is 1. The van der Waals surface area contributed by atoms with E-state index < -0.39 is 11.9 Å². The van der Waals surface area contributed by atoms with Gasteiger partial charge in [0.2, 0.25) is 0 Å². The van der Waals surface area contributed by atoms with E-state index >= 15 is 0 Å². The molecule has 7 nitrogen and oxygen atoms in total. The number of hydrogen-bond donors (Lipinski definition) is 2. The van der Waals surface area contributed by atoms with Crippen molar-refractivity contribution in [2.75, 3.05) is 12.8 Å². The minimum atomic E-state index is -1.10. The van der Waals surface area contributed by atoms with Crippen LogP contribution in [0.3, 0.4) is 0 Å². The summed E-state index contributed by atoms with van der Waals surface area (Å²) < 4.78 is 6.20. The van der Waals surface area contributed by atoms with Gasteiger partial charge in [0.1, 0.15) is 6.07 Å². The lowest BCUT2D eigenvalue weighted by molar-refractivity contribution is 0.0592. The monoisotopic (exact) mass is 341 g/mol. The van der Waals surface area contributed by atoms with Crippen LogP contribution in [-0.4, -0.2) is 28.7 Å². The first-order valence-corrected chi connectivity index (χ1v) is 7.49. The quantitative estimate of drug-likeness (QED) is 0.829. The topological polar surface area (TPSA) is 118 Å². The average Bonchev–Trinajstić information content (AvgIpc) is 2.89. The molecule has 0 amide bonds. The minimum Gasteiger partial charge on any atom is -0.478 e.